The van der Waals surface area contributed by atoms with E-state index in [2.05, 4.69) is 104 Å². The van der Waals surface area contributed by atoms with E-state index in [0.717, 1.165) is 90.4 Å². The topological polar surface area (TPSA) is 171 Å². The lowest BCUT2D eigenvalue weighted by atomic mass is 9.49. The number of rotatable bonds is 11. The van der Waals surface area contributed by atoms with Crippen LogP contribution in [0.2, 0.25) is 5.02 Å². The van der Waals surface area contributed by atoms with Crippen molar-refractivity contribution in [1.29, 1.82) is 5.26 Å². The van der Waals surface area contributed by atoms with Crippen molar-refractivity contribution in [2.45, 2.75) is 72.2 Å². The minimum absolute atomic E-state index is 0.00276. The van der Waals surface area contributed by atoms with E-state index < -0.39 is 0 Å². The molecule has 5 heterocycles. The largest absolute Gasteiger partial charge is 0.489 e. The Hall–Kier alpha value is -6.50. The molecule has 6 aromatic rings. The summed E-state index contributed by atoms with van der Waals surface area (Å²) in [6.07, 6.45) is 8.20. The molecule has 1 aliphatic carbocycles. The van der Waals surface area contributed by atoms with Crippen molar-refractivity contribution in [2.24, 2.45) is 17.9 Å². The number of halogens is 1. The van der Waals surface area contributed by atoms with Gasteiger partial charge in [-0.3, -0.25) is 23.9 Å². The number of anilines is 3. The van der Waals surface area contributed by atoms with Crippen LogP contribution >= 0.6 is 11.6 Å². The van der Waals surface area contributed by atoms with Gasteiger partial charge < -0.3 is 25.6 Å². The molecular formula is C48H53ClN12O3. The average molecular weight is 881 g/mol. The van der Waals surface area contributed by atoms with Crippen LogP contribution in [-0.2, 0) is 18.4 Å². The fourth-order valence-corrected chi connectivity index (χ4v) is 10.3. The molecule has 3 N–H and O–H groups in total. The van der Waals surface area contributed by atoms with Gasteiger partial charge in [-0.25, -0.2) is 9.97 Å². The van der Waals surface area contributed by atoms with Crippen molar-refractivity contribution in [3.63, 3.8) is 0 Å². The molecule has 0 unspecified atom stereocenters. The zero-order valence-corrected chi connectivity index (χ0v) is 37.8. The molecule has 2 aliphatic heterocycles. The normalized spacial score (nSPS) is 20.3. The van der Waals surface area contributed by atoms with E-state index in [-0.39, 0.29) is 40.8 Å². The lowest BCUT2D eigenvalue weighted by Crippen LogP contribution is -2.74. The van der Waals surface area contributed by atoms with Crippen LogP contribution in [0.25, 0.3) is 33.3 Å². The number of nitriles is 1. The second-order valence-corrected chi connectivity index (χ2v) is 18.9. The summed E-state index contributed by atoms with van der Waals surface area (Å²) in [4.78, 5) is 39.9. The van der Waals surface area contributed by atoms with Crippen molar-refractivity contribution in [1.82, 2.24) is 39.7 Å². The van der Waals surface area contributed by atoms with Crippen LogP contribution in [0.5, 0.6) is 5.75 Å². The summed E-state index contributed by atoms with van der Waals surface area (Å²) in [5.41, 5.74) is 6.71. The average Bonchev–Trinajstić information content (AvgIpc) is 3.83. The first-order valence-corrected chi connectivity index (χ1v) is 22.2. The van der Waals surface area contributed by atoms with Crippen LogP contribution in [0.3, 0.4) is 0 Å². The van der Waals surface area contributed by atoms with E-state index in [1.807, 2.05) is 38.5 Å². The van der Waals surface area contributed by atoms with Gasteiger partial charge in [0.05, 0.1) is 39.2 Å². The molecule has 64 heavy (non-hydrogen) atoms. The molecule has 1 atom stereocenters. The Kier molecular flexibility index (Phi) is 11.3. The molecule has 0 radical (unpaired) electrons. The molecule has 1 saturated carbocycles. The molecule has 15 nitrogen and oxygen atoms in total. The lowest BCUT2D eigenvalue weighted by Gasteiger charge is -2.63. The highest BCUT2D eigenvalue weighted by atomic mass is 35.5. The second kappa shape index (κ2) is 16.9. The van der Waals surface area contributed by atoms with Crippen LogP contribution in [0, 0.1) is 22.2 Å². The highest BCUT2D eigenvalue weighted by Crippen LogP contribution is 2.55. The maximum absolute atomic E-state index is 13.5. The van der Waals surface area contributed by atoms with Gasteiger partial charge in [0.2, 0.25) is 11.9 Å². The molecule has 0 spiro atoms. The van der Waals surface area contributed by atoms with Gasteiger partial charge in [0, 0.05) is 117 Å². The summed E-state index contributed by atoms with van der Waals surface area (Å²) < 4.78 is 10.3. The monoisotopic (exact) mass is 880 g/mol. The zero-order chi connectivity index (χ0) is 44.9. The fourth-order valence-electron chi connectivity index (χ4n) is 10.1. The smallest absolute Gasteiger partial charge is 0.254 e. The standard InChI is InChI=1S/C48H53ClN12O3/c1-29-21-40(62)55-38-10-7-9-35(42(38)54-29)30-12-14-39-36(22-30)41(33-27-53-58(6)28-33)57-61(39)16-8-15-59-17-19-60(20-18-59)46-51-25-32(26-52-46)43(63)56-44-47(2,3)45(48(44,4)5)64-34-13-11-31(24-50)37(49)23-34/h7,9-14,22-23,25-29,44-45,54H,8,15-21H2,1-6H3,(H,55,62)(H,56,63)/t29-,44?,45?/m1/s1. The number of nitrogens with one attached hydrogen (secondary N) is 3. The summed E-state index contributed by atoms with van der Waals surface area (Å²) in [6, 6.07) is 19.5. The van der Waals surface area contributed by atoms with E-state index in [4.69, 9.17) is 21.4 Å². The maximum Gasteiger partial charge on any atom is 0.254 e. The third-order valence-electron chi connectivity index (χ3n) is 13.1. The summed E-state index contributed by atoms with van der Waals surface area (Å²) in [7, 11) is 1.91. The number of hydrogen-bond donors (Lipinski definition) is 3. The molecule has 9 rings (SSSR count). The number of amides is 2. The molecular weight excluding hydrogens is 828 g/mol. The van der Waals surface area contributed by atoms with Gasteiger partial charge in [-0.05, 0) is 49.2 Å². The Balaban J connectivity index is 0.806. The maximum atomic E-state index is 13.5. The molecule has 2 fully saturated rings. The lowest BCUT2D eigenvalue weighted by molar-refractivity contribution is -0.164. The van der Waals surface area contributed by atoms with Gasteiger partial charge in [0.1, 0.15) is 23.6 Å². The third kappa shape index (κ3) is 8.12. The number of nitrogens with zero attached hydrogens (tertiary/aromatic N) is 9. The first-order chi connectivity index (χ1) is 30.7. The zero-order valence-electron chi connectivity index (χ0n) is 37.0. The predicted molar refractivity (Wildman–Crippen MR) is 248 cm³/mol. The molecule has 3 aromatic heterocycles. The van der Waals surface area contributed by atoms with Crippen LogP contribution in [0.4, 0.5) is 17.3 Å². The quantitative estimate of drug-likeness (QED) is 0.119. The molecule has 0 bridgehead atoms. The number of ether oxygens (including phenoxy) is 1. The van der Waals surface area contributed by atoms with Crippen molar-refractivity contribution in [3.05, 3.63) is 95.5 Å². The number of aryl methyl sites for hydroxylation is 2. The van der Waals surface area contributed by atoms with Crippen LogP contribution in [-0.4, -0.2) is 97.2 Å². The Morgan fingerprint density at radius 1 is 0.984 bits per heavy atom. The van der Waals surface area contributed by atoms with Gasteiger partial charge in [-0.1, -0.05) is 57.5 Å². The van der Waals surface area contributed by atoms with Crippen molar-refractivity contribution in [2.75, 3.05) is 48.3 Å². The number of carbonyl (C=O) groups excluding carboxylic acids is 2. The number of piperazine rings is 1. The van der Waals surface area contributed by atoms with Gasteiger partial charge in [0.15, 0.2) is 0 Å². The van der Waals surface area contributed by atoms with Gasteiger partial charge >= 0.3 is 0 Å². The highest BCUT2D eigenvalue weighted by Gasteiger charge is 2.64. The first kappa shape index (κ1) is 42.8. The Bertz CT molecular complexity index is 2770. The van der Waals surface area contributed by atoms with E-state index in [0.29, 0.717) is 34.3 Å². The Morgan fingerprint density at radius 2 is 1.75 bits per heavy atom. The van der Waals surface area contributed by atoms with E-state index in [1.54, 1.807) is 35.3 Å². The van der Waals surface area contributed by atoms with Crippen molar-refractivity contribution < 1.29 is 14.3 Å². The van der Waals surface area contributed by atoms with Gasteiger partial charge in [-0.15, -0.1) is 0 Å². The number of benzene rings is 3. The van der Waals surface area contributed by atoms with E-state index in [9.17, 15) is 14.9 Å². The first-order valence-electron chi connectivity index (χ1n) is 21.9. The van der Waals surface area contributed by atoms with Crippen molar-refractivity contribution >= 4 is 51.6 Å². The van der Waals surface area contributed by atoms with Gasteiger partial charge in [0.25, 0.3) is 5.91 Å². The van der Waals surface area contributed by atoms with Gasteiger partial charge in [-0.2, -0.15) is 15.5 Å². The minimum atomic E-state index is -0.388. The minimum Gasteiger partial charge on any atom is -0.489 e. The molecule has 16 heteroatoms. The fraction of sp³-hybridized carbons (Fsp3) is 0.396. The number of carbonyl (C=O) groups is 2. The molecule has 2 amide bonds. The molecule has 1 saturated heterocycles. The molecule has 3 aliphatic rings. The molecule has 3 aromatic carbocycles. The predicted octanol–water partition coefficient (Wildman–Crippen LogP) is 7.39. The highest BCUT2D eigenvalue weighted by molar-refractivity contribution is 6.31. The third-order valence-corrected chi connectivity index (χ3v) is 13.4. The number of hydrogen-bond acceptors (Lipinski definition) is 11. The van der Waals surface area contributed by atoms with Crippen molar-refractivity contribution in [3.8, 4) is 34.2 Å². The number of para-hydroxylation sites is 1. The summed E-state index contributed by atoms with van der Waals surface area (Å²) >= 11 is 6.27. The SMILES string of the molecule is C[C@@H]1CC(=O)Nc2cccc(-c3ccc4c(c3)c(-c3cnn(C)c3)nn4CCCN3CCN(c4ncc(C(=O)NC5C(C)(C)C(Oc6ccc(C#N)c(Cl)c6)C5(C)C)cn4)CC3)c2N1. The van der Waals surface area contributed by atoms with Crippen LogP contribution < -0.4 is 25.6 Å². The summed E-state index contributed by atoms with van der Waals surface area (Å²) in [5.74, 6) is 0.976. The Labute approximate surface area is 377 Å². The van der Waals surface area contributed by atoms with E-state index in [1.165, 1.54) is 0 Å². The summed E-state index contributed by atoms with van der Waals surface area (Å²) in [5, 5.41) is 30.1. The summed E-state index contributed by atoms with van der Waals surface area (Å²) in [6.45, 7) is 15.3. The van der Waals surface area contributed by atoms with Crippen LogP contribution in [0.15, 0.2) is 79.4 Å². The number of fused-ring (bicyclic) bond motifs is 2. The van der Waals surface area contributed by atoms with Crippen LogP contribution in [0.1, 0.15) is 63.4 Å². The van der Waals surface area contributed by atoms with E-state index >= 15 is 0 Å². The number of aromatic nitrogens is 6. The molecule has 330 valence electrons. The second-order valence-electron chi connectivity index (χ2n) is 18.5. The Morgan fingerprint density at radius 3 is 2.45 bits per heavy atom.